The molecule has 47 heavy (non-hydrogen) atoms. The molecule has 0 amide bonds. The first-order valence-corrected chi connectivity index (χ1v) is 27.3. The molecule has 2 aromatic heterocycles. The predicted molar refractivity (Wildman–Crippen MR) is 232 cm³/mol. The molecule has 1 aliphatic heterocycles. The van der Waals surface area contributed by atoms with Crippen LogP contribution in [0.1, 0.15) is 39.2 Å². The van der Waals surface area contributed by atoms with E-state index in [-0.39, 0.29) is 0 Å². The molecule has 0 bridgehead atoms. The zero-order chi connectivity index (χ0) is 33.4. The Bertz CT molecular complexity index is 2180. The molecule has 242 valence electrons. The van der Waals surface area contributed by atoms with E-state index in [1.807, 2.05) is 12.1 Å². The zero-order valence-corrected chi connectivity index (χ0v) is 36.3. The van der Waals surface area contributed by atoms with Gasteiger partial charge in [-0.3, -0.25) is 0 Å². The number of halogens is 2. The summed E-state index contributed by atoms with van der Waals surface area (Å²) >= 11 is 16.6. The van der Waals surface area contributed by atoms with E-state index in [0.717, 1.165) is 43.1 Å². The summed E-state index contributed by atoms with van der Waals surface area (Å²) in [7, 11) is 12.7. The Morgan fingerprint density at radius 3 is 1.43 bits per heavy atom. The highest BCUT2D eigenvalue weighted by molar-refractivity contribution is 9.10. The molecule has 6 rings (SSSR count). The lowest BCUT2D eigenvalue weighted by molar-refractivity contribution is 0.673. The SMILES string of the molecule is Cc1cc(C)c(N2c3ccccc3C(c3cccc(Br)n3)(c3cccc(Br)n3)c3ccccc32)c(C)c1.S=S=S=S=S=S=S=S=S=S. The highest BCUT2D eigenvalue weighted by Gasteiger charge is 2.48. The molecule has 0 atom stereocenters. The lowest BCUT2D eigenvalue weighted by Crippen LogP contribution is -2.39. The number of para-hydroxylation sites is 2. The van der Waals surface area contributed by atoms with Crippen LogP contribution in [-0.4, -0.2) is 9.97 Å². The standard InChI is InChI=1S/C32H25Br2N3.S10/c1-20-18-21(2)31(22(3)19-20)37-25-12-6-4-10-23(25)32(24-11-5-7-13-26(24)37,27-14-8-16-29(33)35-27)28-15-9-17-30(34)36-28;1-3-5-7-9-10-8-6-4-2/h4-19H,1-3H3;. The van der Waals surface area contributed by atoms with E-state index in [1.165, 1.54) is 40.1 Å². The molecule has 3 aromatic carbocycles. The molecule has 3 nitrogen and oxygen atoms in total. The smallest absolute Gasteiger partial charge is 0.109 e. The molecular weight excluding hydrogens is 907 g/mol. The van der Waals surface area contributed by atoms with Crippen molar-refractivity contribution in [3.05, 3.63) is 145 Å². The van der Waals surface area contributed by atoms with Crippen molar-refractivity contribution in [3.8, 4) is 0 Å². The van der Waals surface area contributed by atoms with E-state index < -0.39 is 5.41 Å². The first-order valence-electron chi connectivity index (χ1n) is 13.7. The van der Waals surface area contributed by atoms with Gasteiger partial charge in [0.1, 0.15) is 14.6 Å². The minimum absolute atomic E-state index is 0.718. The molecule has 0 saturated carbocycles. The molecule has 0 N–H and O–H groups in total. The number of aryl methyl sites for hydroxylation is 3. The monoisotopic (exact) mass is 929 g/mol. The molecule has 0 fully saturated rings. The van der Waals surface area contributed by atoms with Crippen LogP contribution in [0.15, 0.2) is 106 Å². The Labute approximate surface area is 324 Å². The summed E-state index contributed by atoms with van der Waals surface area (Å²) in [6.07, 6.45) is 0. The van der Waals surface area contributed by atoms with E-state index in [2.05, 4.69) is 165 Å². The van der Waals surface area contributed by atoms with Gasteiger partial charge in [0, 0.05) is 93.4 Å². The fraction of sp³-hybridized carbons (Fsp3) is 0.125. The van der Waals surface area contributed by atoms with Gasteiger partial charge in [-0.2, -0.15) is 0 Å². The molecule has 3 heterocycles. The van der Waals surface area contributed by atoms with Crippen molar-refractivity contribution >= 4 is 142 Å². The van der Waals surface area contributed by atoms with Gasteiger partial charge < -0.3 is 4.90 Å². The lowest BCUT2D eigenvalue weighted by atomic mass is 9.65. The summed E-state index contributed by atoms with van der Waals surface area (Å²) < 4.78 is 1.59. The molecular formula is C32H25Br2N3S10. The minimum Gasteiger partial charge on any atom is -0.309 e. The van der Waals surface area contributed by atoms with E-state index in [0.29, 0.717) is 0 Å². The van der Waals surface area contributed by atoms with Crippen molar-refractivity contribution in [2.24, 2.45) is 0 Å². The van der Waals surface area contributed by atoms with Crippen molar-refractivity contribution in [1.82, 2.24) is 9.97 Å². The molecule has 0 spiro atoms. The maximum atomic E-state index is 5.06. The maximum absolute atomic E-state index is 5.06. The van der Waals surface area contributed by atoms with Gasteiger partial charge in [-0.15, -0.1) is 0 Å². The minimum atomic E-state index is -0.718. The average Bonchev–Trinajstić information content (AvgIpc) is 3.06. The summed E-state index contributed by atoms with van der Waals surface area (Å²) in [5.41, 5.74) is 10.6. The number of anilines is 3. The average molecular weight is 932 g/mol. The second kappa shape index (κ2) is 17.7. The molecule has 0 saturated heterocycles. The molecule has 1 aliphatic rings. The Morgan fingerprint density at radius 2 is 1.00 bits per heavy atom. The van der Waals surface area contributed by atoms with Gasteiger partial charge >= 0.3 is 0 Å². The number of hydrogen-bond acceptors (Lipinski definition) is 5. The predicted octanol–water partition coefficient (Wildman–Crippen LogP) is 9.07. The highest BCUT2D eigenvalue weighted by atomic mass is 79.9. The molecule has 0 aliphatic carbocycles. The van der Waals surface area contributed by atoms with Crippen molar-refractivity contribution in [3.63, 3.8) is 0 Å². The second-order valence-electron chi connectivity index (χ2n) is 10.1. The fourth-order valence-electron chi connectivity index (χ4n) is 6.00. The van der Waals surface area contributed by atoms with Gasteiger partial charge in [0.2, 0.25) is 0 Å². The largest absolute Gasteiger partial charge is 0.309 e. The van der Waals surface area contributed by atoms with Crippen LogP contribution in [0.25, 0.3) is 0 Å². The molecule has 15 heteroatoms. The van der Waals surface area contributed by atoms with Crippen molar-refractivity contribution in [2.75, 3.05) is 4.90 Å². The Morgan fingerprint density at radius 1 is 0.574 bits per heavy atom. The topological polar surface area (TPSA) is 29.0 Å². The van der Waals surface area contributed by atoms with Crippen LogP contribution in [0.4, 0.5) is 17.1 Å². The van der Waals surface area contributed by atoms with Gasteiger partial charge in [-0.05, 0) is 111 Å². The van der Waals surface area contributed by atoms with Crippen molar-refractivity contribution in [1.29, 1.82) is 0 Å². The number of hydrogen-bond donors (Lipinski definition) is 0. The summed E-state index contributed by atoms with van der Waals surface area (Å²) in [6.45, 7) is 6.56. The summed E-state index contributed by atoms with van der Waals surface area (Å²) in [4.78, 5) is 12.5. The van der Waals surface area contributed by atoms with Gasteiger partial charge in [0.15, 0.2) is 0 Å². The third-order valence-corrected chi connectivity index (χ3v) is 23.8. The highest BCUT2D eigenvalue weighted by Crippen LogP contribution is 2.57. The summed E-state index contributed by atoms with van der Waals surface area (Å²) in [6, 6.07) is 34.1. The van der Waals surface area contributed by atoms with Gasteiger partial charge in [-0.1, -0.05) is 66.2 Å². The first-order chi connectivity index (χ1) is 22.8. The van der Waals surface area contributed by atoms with Gasteiger partial charge in [0.05, 0.1) is 28.5 Å². The van der Waals surface area contributed by atoms with Crippen LogP contribution in [0, 0.1) is 20.8 Å². The van der Waals surface area contributed by atoms with E-state index in [4.69, 9.17) is 9.97 Å². The summed E-state index contributed by atoms with van der Waals surface area (Å²) in [5.74, 6) is 0. The number of pyridine rings is 2. The number of nitrogens with zero attached hydrogens (tertiary/aromatic N) is 3. The van der Waals surface area contributed by atoms with Crippen molar-refractivity contribution < 1.29 is 0 Å². The number of benzene rings is 3. The first kappa shape index (κ1) is 37.2. The lowest BCUT2D eigenvalue weighted by Gasteiger charge is -2.45. The second-order valence-corrected chi connectivity index (χ2v) is 25.9. The Kier molecular flexibility index (Phi) is 14.0. The fourth-order valence-corrected chi connectivity index (χ4v) is 23.2. The van der Waals surface area contributed by atoms with Crippen LogP contribution in [0.5, 0.6) is 0 Å². The third-order valence-electron chi connectivity index (χ3n) is 7.35. The van der Waals surface area contributed by atoms with Crippen LogP contribution in [0.2, 0.25) is 0 Å². The van der Waals surface area contributed by atoms with Crippen LogP contribution >= 0.6 is 31.9 Å². The molecule has 0 unspecified atom stereocenters. The van der Waals surface area contributed by atoms with Gasteiger partial charge in [-0.25, -0.2) is 9.97 Å². The number of fused-ring (bicyclic) bond motifs is 2. The number of rotatable bonds is 3. The third kappa shape index (κ3) is 8.29. The normalized spacial score (nSPS) is 12.2. The summed E-state index contributed by atoms with van der Waals surface area (Å²) in [5, 5.41) is 0. The van der Waals surface area contributed by atoms with Crippen molar-refractivity contribution in [2.45, 2.75) is 26.2 Å². The molecule has 0 radical (unpaired) electrons. The van der Waals surface area contributed by atoms with Crippen LogP contribution < -0.4 is 4.90 Å². The van der Waals surface area contributed by atoms with Crippen LogP contribution in [0.3, 0.4) is 0 Å². The number of aromatic nitrogens is 2. The zero-order valence-electron chi connectivity index (χ0n) is 24.9. The Balaban J connectivity index is 0.000000378. The quantitative estimate of drug-likeness (QED) is 0.166. The Hall–Kier alpha value is -1.08. The van der Waals surface area contributed by atoms with Gasteiger partial charge in [0.25, 0.3) is 0 Å². The van der Waals surface area contributed by atoms with E-state index in [9.17, 15) is 0 Å². The van der Waals surface area contributed by atoms with Crippen LogP contribution in [-0.2, 0) is 98.8 Å². The van der Waals surface area contributed by atoms with E-state index in [1.54, 1.807) is 53.3 Å². The van der Waals surface area contributed by atoms with E-state index >= 15 is 0 Å². The molecule has 5 aromatic rings. The maximum Gasteiger partial charge on any atom is 0.109 e.